The molecule has 2 rings (SSSR count). The summed E-state index contributed by atoms with van der Waals surface area (Å²) in [6.45, 7) is 0. The summed E-state index contributed by atoms with van der Waals surface area (Å²) in [7, 11) is 0. The van der Waals surface area contributed by atoms with Gasteiger partial charge in [0.2, 0.25) is 5.16 Å². The molecule has 0 aliphatic carbocycles. The van der Waals surface area contributed by atoms with Crippen LogP contribution in [0.15, 0.2) is 28.1 Å². The fourth-order valence-electron chi connectivity index (χ4n) is 0.827. The average molecular weight is 194 g/mol. The molecule has 0 unspecified atom stereocenters. The maximum absolute atomic E-state index is 4.99. The summed E-state index contributed by atoms with van der Waals surface area (Å²) in [5.41, 5.74) is 0.780. The molecular weight excluding hydrogens is 188 g/mol. The third-order valence-corrected chi connectivity index (χ3v) is 1.95. The Bertz CT molecular complexity index is 388. The van der Waals surface area contributed by atoms with Crippen LogP contribution in [0.4, 0.5) is 0 Å². The Hall–Kier alpha value is -1.43. The molecule has 2 heterocycles. The number of nitrogens with zero attached hydrogens (tertiary/aromatic N) is 4. The van der Waals surface area contributed by atoms with Crippen LogP contribution in [0.1, 0.15) is 0 Å². The Morgan fingerprint density at radius 1 is 1.38 bits per heavy atom. The number of thioether (sulfide) groups is 1. The summed E-state index contributed by atoms with van der Waals surface area (Å²) in [6.07, 6.45) is 5.05. The average Bonchev–Trinajstić information content (AvgIpc) is 2.67. The minimum atomic E-state index is 0.472. The lowest BCUT2D eigenvalue weighted by atomic mass is 10.3. The van der Waals surface area contributed by atoms with Gasteiger partial charge in [0.05, 0.1) is 18.0 Å². The van der Waals surface area contributed by atoms with E-state index in [-0.39, 0.29) is 0 Å². The third kappa shape index (κ3) is 1.67. The van der Waals surface area contributed by atoms with E-state index in [1.54, 1.807) is 18.5 Å². The van der Waals surface area contributed by atoms with E-state index in [9.17, 15) is 0 Å². The first-order valence-electron chi connectivity index (χ1n) is 3.55. The highest BCUT2D eigenvalue weighted by molar-refractivity contribution is 7.98. The lowest BCUT2D eigenvalue weighted by Crippen LogP contribution is -1.81. The van der Waals surface area contributed by atoms with Crippen LogP contribution in [0.5, 0.6) is 0 Å². The smallest absolute Gasteiger partial charge is 0.260 e. The minimum Gasteiger partial charge on any atom is -0.333 e. The lowest BCUT2D eigenvalue weighted by molar-refractivity contribution is 0.415. The molecule has 0 atom stereocenters. The second-order valence-corrected chi connectivity index (χ2v) is 2.99. The van der Waals surface area contributed by atoms with Gasteiger partial charge in [0.15, 0.2) is 0 Å². The number of rotatable bonds is 2. The molecule has 13 heavy (non-hydrogen) atoms. The maximum Gasteiger partial charge on any atom is 0.260 e. The summed E-state index contributed by atoms with van der Waals surface area (Å²) >= 11 is 1.43. The fraction of sp³-hybridized carbons (Fsp3) is 0.143. The van der Waals surface area contributed by atoms with Gasteiger partial charge in [-0.2, -0.15) is 15.2 Å². The van der Waals surface area contributed by atoms with Crippen LogP contribution >= 0.6 is 11.8 Å². The number of hydrogen-bond acceptors (Lipinski definition) is 6. The zero-order valence-corrected chi connectivity index (χ0v) is 7.65. The Morgan fingerprint density at radius 2 is 2.31 bits per heavy atom. The monoisotopic (exact) mass is 194 g/mol. The van der Waals surface area contributed by atoms with Crippen LogP contribution in [0.2, 0.25) is 0 Å². The normalized spacial score (nSPS) is 10.2. The van der Waals surface area contributed by atoms with Crippen molar-refractivity contribution in [3.05, 3.63) is 18.5 Å². The van der Waals surface area contributed by atoms with Gasteiger partial charge >= 0.3 is 0 Å². The van der Waals surface area contributed by atoms with Gasteiger partial charge in [-0.3, -0.25) is 0 Å². The number of aromatic nitrogens is 4. The lowest BCUT2D eigenvalue weighted by Gasteiger charge is -1.88. The summed E-state index contributed by atoms with van der Waals surface area (Å²) in [4.78, 5) is 4.12. The fourth-order valence-corrected chi connectivity index (χ4v) is 1.11. The largest absolute Gasteiger partial charge is 0.333 e. The second-order valence-electron chi connectivity index (χ2n) is 2.22. The quantitative estimate of drug-likeness (QED) is 0.670. The molecule has 2 aromatic rings. The van der Waals surface area contributed by atoms with Gasteiger partial charge in [-0.25, -0.2) is 0 Å². The SMILES string of the molecule is CSc1noc(-c2ccnnc2)n1. The molecule has 0 N–H and O–H groups in total. The van der Waals surface area contributed by atoms with E-state index in [2.05, 4.69) is 20.3 Å². The highest BCUT2D eigenvalue weighted by Crippen LogP contribution is 2.18. The molecule has 0 spiro atoms. The molecule has 6 heteroatoms. The Labute approximate surface area is 78.6 Å². The van der Waals surface area contributed by atoms with Crippen molar-refractivity contribution >= 4 is 11.8 Å². The Kier molecular flexibility index (Phi) is 2.22. The van der Waals surface area contributed by atoms with Crippen LogP contribution in [-0.4, -0.2) is 26.6 Å². The summed E-state index contributed by atoms with van der Waals surface area (Å²) in [5.74, 6) is 0.472. The van der Waals surface area contributed by atoms with Crippen molar-refractivity contribution in [2.75, 3.05) is 6.26 Å². The first-order valence-corrected chi connectivity index (χ1v) is 4.77. The summed E-state index contributed by atoms with van der Waals surface area (Å²) in [5, 5.41) is 11.7. The van der Waals surface area contributed by atoms with E-state index in [1.165, 1.54) is 11.8 Å². The third-order valence-electron chi connectivity index (χ3n) is 1.42. The van der Waals surface area contributed by atoms with Crippen LogP contribution < -0.4 is 0 Å². The molecule has 2 aromatic heterocycles. The minimum absolute atomic E-state index is 0.472. The van der Waals surface area contributed by atoms with Crippen molar-refractivity contribution in [2.24, 2.45) is 0 Å². The summed E-state index contributed by atoms with van der Waals surface area (Å²) < 4.78 is 4.99. The molecular formula is C7H6N4OS. The predicted octanol–water partition coefficient (Wildman–Crippen LogP) is 1.25. The predicted molar refractivity (Wildman–Crippen MR) is 47.1 cm³/mol. The van der Waals surface area contributed by atoms with Gasteiger partial charge in [-0.1, -0.05) is 11.8 Å². The Balaban J connectivity index is 2.36. The van der Waals surface area contributed by atoms with Gasteiger partial charge < -0.3 is 4.52 Å². The van der Waals surface area contributed by atoms with Gasteiger partial charge in [-0.05, 0) is 17.5 Å². The molecule has 0 aromatic carbocycles. The molecule has 0 aliphatic rings. The van der Waals surface area contributed by atoms with E-state index >= 15 is 0 Å². The zero-order chi connectivity index (χ0) is 9.10. The molecule has 0 saturated carbocycles. The zero-order valence-electron chi connectivity index (χ0n) is 6.84. The molecule has 5 nitrogen and oxygen atoms in total. The highest BCUT2D eigenvalue weighted by Gasteiger charge is 2.06. The number of hydrogen-bond donors (Lipinski definition) is 0. The molecule has 0 saturated heterocycles. The molecule has 0 radical (unpaired) electrons. The molecule has 0 aliphatic heterocycles. The van der Waals surface area contributed by atoms with Gasteiger partial charge in [0.25, 0.3) is 5.89 Å². The van der Waals surface area contributed by atoms with Crippen molar-refractivity contribution in [1.82, 2.24) is 20.3 Å². The van der Waals surface area contributed by atoms with Crippen molar-refractivity contribution in [3.8, 4) is 11.5 Å². The highest BCUT2D eigenvalue weighted by atomic mass is 32.2. The van der Waals surface area contributed by atoms with E-state index in [0.29, 0.717) is 11.0 Å². The van der Waals surface area contributed by atoms with Crippen LogP contribution in [0.25, 0.3) is 11.5 Å². The van der Waals surface area contributed by atoms with Crippen molar-refractivity contribution < 1.29 is 4.52 Å². The van der Waals surface area contributed by atoms with Crippen LogP contribution in [-0.2, 0) is 0 Å². The summed E-state index contributed by atoms with van der Waals surface area (Å²) in [6, 6.07) is 1.77. The Morgan fingerprint density at radius 3 is 2.92 bits per heavy atom. The van der Waals surface area contributed by atoms with E-state index in [4.69, 9.17) is 4.52 Å². The first-order chi connectivity index (χ1) is 6.40. The standard InChI is InChI=1S/C7H6N4OS/c1-13-7-10-6(12-11-7)5-2-3-8-9-4-5/h2-4H,1H3. The molecule has 0 bridgehead atoms. The first kappa shape index (κ1) is 8.18. The molecule has 0 fully saturated rings. The van der Waals surface area contributed by atoms with Gasteiger partial charge in [-0.15, -0.1) is 0 Å². The molecule has 66 valence electrons. The van der Waals surface area contributed by atoms with Gasteiger partial charge in [0, 0.05) is 0 Å². The van der Waals surface area contributed by atoms with E-state index in [0.717, 1.165) is 5.56 Å². The van der Waals surface area contributed by atoms with Crippen LogP contribution in [0, 0.1) is 0 Å². The second kappa shape index (κ2) is 3.53. The molecule has 0 amide bonds. The van der Waals surface area contributed by atoms with E-state index in [1.807, 2.05) is 6.26 Å². The van der Waals surface area contributed by atoms with Gasteiger partial charge in [0.1, 0.15) is 0 Å². The van der Waals surface area contributed by atoms with Crippen LogP contribution in [0.3, 0.4) is 0 Å². The van der Waals surface area contributed by atoms with Crippen molar-refractivity contribution in [1.29, 1.82) is 0 Å². The van der Waals surface area contributed by atoms with Crippen molar-refractivity contribution in [2.45, 2.75) is 5.16 Å². The van der Waals surface area contributed by atoms with Crippen molar-refractivity contribution in [3.63, 3.8) is 0 Å². The van der Waals surface area contributed by atoms with E-state index < -0.39 is 0 Å². The topological polar surface area (TPSA) is 64.7 Å². The maximum atomic E-state index is 4.99.